The van der Waals surface area contributed by atoms with Gasteiger partial charge in [0, 0.05) is 19.8 Å². The van der Waals surface area contributed by atoms with Gasteiger partial charge in [0.15, 0.2) is 10.8 Å². The number of unbranched alkanes of at least 4 members (excludes halogenated alkanes) is 3. The van der Waals surface area contributed by atoms with Crippen LogP contribution in [0.5, 0.6) is 0 Å². The molecule has 6 nitrogen and oxygen atoms in total. The Morgan fingerprint density at radius 2 is 2.05 bits per heavy atom. The van der Waals surface area contributed by atoms with Crippen molar-refractivity contribution in [2.75, 3.05) is 18.9 Å². The molecule has 0 spiro atoms. The minimum Gasteiger partial charge on any atom is -0.371 e. The van der Waals surface area contributed by atoms with Crippen molar-refractivity contribution in [1.29, 1.82) is 0 Å². The van der Waals surface area contributed by atoms with E-state index in [9.17, 15) is 8.42 Å². The SMILES string of the molecule is CCCCCCNS(=O)(=O)c1c(NC)nc2ccccn12. The van der Waals surface area contributed by atoms with Crippen LogP contribution in [0.25, 0.3) is 5.65 Å². The zero-order chi connectivity index (χ0) is 15.3. The average molecular weight is 310 g/mol. The van der Waals surface area contributed by atoms with Crippen LogP contribution in [0, 0.1) is 0 Å². The number of hydrogen-bond acceptors (Lipinski definition) is 4. The second kappa shape index (κ2) is 6.91. The van der Waals surface area contributed by atoms with Crippen molar-refractivity contribution >= 4 is 21.5 Å². The van der Waals surface area contributed by atoms with Gasteiger partial charge in [0.05, 0.1) is 0 Å². The maximum absolute atomic E-state index is 12.5. The van der Waals surface area contributed by atoms with Gasteiger partial charge in [0.2, 0.25) is 0 Å². The lowest BCUT2D eigenvalue weighted by molar-refractivity contribution is 0.569. The topological polar surface area (TPSA) is 75.5 Å². The third-order valence-electron chi connectivity index (χ3n) is 3.30. The number of pyridine rings is 1. The summed E-state index contributed by atoms with van der Waals surface area (Å²) in [5, 5.41) is 3.01. The minimum atomic E-state index is -3.59. The third-order valence-corrected chi connectivity index (χ3v) is 4.78. The van der Waals surface area contributed by atoms with E-state index >= 15 is 0 Å². The van der Waals surface area contributed by atoms with Gasteiger partial charge in [-0.3, -0.25) is 4.40 Å². The molecular weight excluding hydrogens is 288 g/mol. The minimum absolute atomic E-state index is 0.163. The molecule has 0 atom stereocenters. The number of anilines is 1. The van der Waals surface area contributed by atoms with Crippen LogP contribution in [0.15, 0.2) is 29.4 Å². The largest absolute Gasteiger partial charge is 0.371 e. The van der Waals surface area contributed by atoms with Crippen molar-refractivity contribution in [3.8, 4) is 0 Å². The van der Waals surface area contributed by atoms with E-state index in [-0.39, 0.29) is 5.03 Å². The van der Waals surface area contributed by atoms with Crippen LogP contribution in [0.2, 0.25) is 0 Å². The Hall–Kier alpha value is -1.60. The molecular formula is C14H22N4O2S. The first-order chi connectivity index (χ1) is 10.1. The lowest BCUT2D eigenvalue weighted by Crippen LogP contribution is -2.26. The highest BCUT2D eigenvalue weighted by Crippen LogP contribution is 2.22. The molecule has 0 aliphatic rings. The average Bonchev–Trinajstić information content (AvgIpc) is 2.86. The van der Waals surface area contributed by atoms with Gasteiger partial charge < -0.3 is 5.32 Å². The van der Waals surface area contributed by atoms with Crippen LogP contribution >= 0.6 is 0 Å². The summed E-state index contributed by atoms with van der Waals surface area (Å²) in [6.45, 7) is 2.58. The Morgan fingerprint density at radius 3 is 2.76 bits per heavy atom. The first-order valence-electron chi connectivity index (χ1n) is 7.24. The van der Waals surface area contributed by atoms with E-state index in [1.54, 1.807) is 29.8 Å². The lowest BCUT2D eigenvalue weighted by Gasteiger charge is -2.08. The fraction of sp³-hybridized carbons (Fsp3) is 0.500. The molecule has 0 radical (unpaired) electrons. The van der Waals surface area contributed by atoms with Crippen molar-refractivity contribution in [2.24, 2.45) is 0 Å². The summed E-state index contributed by atoms with van der Waals surface area (Å²) in [4.78, 5) is 4.29. The maximum atomic E-state index is 12.5. The highest BCUT2D eigenvalue weighted by molar-refractivity contribution is 7.89. The molecule has 0 saturated heterocycles. The van der Waals surface area contributed by atoms with Crippen molar-refractivity contribution in [3.63, 3.8) is 0 Å². The fourth-order valence-electron chi connectivity index (χ4n) is 2.22. The molecule has 2 N–H and O–H groups in total. The number of nitrogens with one attached hydrogen (secondary N) is 2. The summed E-state index contributed by atoms with van der Waals surface area (Å²) >= 11 is 0. The predicted octanol–water partition coefficient (Wildman–Crippen LogP) is 2.23. The highest BCUT2D eigenvalue weighted by Gasteiger charge is 2.24. The Kier molecular flexibility index (Phi) is 5.19. The first kappa shape index (κ1) is 15.8. The van der Waals surface area contributed by atoms with Crippen molar-refractivity contribution in [3.05, 3.63) is 24.4 Å². The fourth-order valence-corrected chi connectivity index (χ4v) is 3.59. The number of rotatable bonds is 8. The number of sulfonamides is 1. The number of fused-ring (bicyclic) bond motifs is 1. The molecule has 116 valence electrons. The number of aromatic nitrogens is 2. The number of imidazole rings is 1. The van der Waals surface area contributed by atoms with Crippen LogP contribution < -0.4 is 10.0 Å². The predicted molar refractivity (Wildman–Crippen MR) is 84.1 cm³/mol. The van der Waals surface area contributed by atoms with Crippen LogP contribution in [0.4, 0.5) is 5.82 Å². The molecule has 0 aromatic carbocycles. The van der Waals surface area contributed by atoms with Crippen molar-refractivity contribution < 1.29 is 8.42 Å². The van der Waals surface area contributed by atoms with Gasteiger partial charge in [-0.05, 0) is 18.6 Å². The summed E-state index contributed by atoms with van der Waals surface area (Å²) in [5.41, 5.74) is 0.605. The molecule has 2 rings (SSSR count). The monoisotopic (exact) mass is 310 g/mol. The Labute approximate surface area is 125 Å². The Morgan fingerprint density at radius 1 is 1.24 bits per heavy atom. The molecule has 2 heterocycles. The van der Waals surface area contributed by atoms with Crippen molar-refractivity contribution in [1.82, 2.24) is 14.1 Å². The Bertz CT molecular complexity index is 694. The van der Waals surface area contributed by atoms with E-state index < -0.39 is 10.0 Å². The summed E-state index contributed by atoms with van der Waals surface area (Å²) < 4.78 is 29.3. The molecule has 0 fully saturated rings. The van der Waals surface area contributed by atoms with Gasteiger partial charge in [0.1, 0.15) is 5.65 Å². The molecule has 0 aliphatic heterocycles. The second-order valence-corrected chi connectivity index (χ2v) is 6.59. The second-order valence-electron chi connectivity index (χ2n) is 4.90. The van der Waals surface area contributed by atoms with Gasteiger partial charge in [-0.25, -0.2) is 18.1 Å². The molecule has 7 heteroatoms. The van der Waals surface area contributed by atoms with E-state index in [0.29, 0.717) is 18.0 Å². The third kappa shape index (κ3) is 3.54. The van der Waals surface area contributed by atoms with Gasteiger partial charge in [-0.2, -0.15) is 0 Å². The molecule has 21 heavy (non-hydrogen) atoms. The molecule has 2 aromatic heterocycles. The highest BCUT2D eigenvalue weighted by atomic mass is 32.2. The van der Waals surface area contributed by atoms with Crippen LogP contribution in [0.3, 0.4) is 0 Å². The molecule has 0 saturated carbocycles. The smallest absolute Gasteiger partial charge is 0.260 e. The molecule has 0 bridgehead atoms. The van der Waals surface area contributed by atoms with E-state index in [1.807, 2.05) is 6.07 Å². The summed E-state index contributed by atoms with van der Waals surface area (Å²) in [7, 11) is -1.92. The normalized spacial score (nSPS) is 11.9. The van der Waals surface area contributed by atoms with E-state index in [2.05, 4.69) is 21.9 Å². The zero-order valence-corrected chi connectivity index (χ0v) is 13.3. The lowest BCUT2D eigenvalue weighted by atomic mass is 10.2. The maximum Gasteiger partial charge on any atom is 0.260 e. The van der Waals surface area contributed by atoms with Gasteiger partial charge in [0.25, 0.3) is 10.0 Å². The molecule has 0 aliphatic carbocycles. The van der Waals surface area contributed by atoms with E-state index in [0.717, 1.165) is 25.7 Å². The van der Waals surface area contributed by atoms with Gasteiger partial charge in [-0.15, -0.1) is 0 Å². The zero-order valence-electron chi connectivity index (χ0n) is 12.5. The Balaban J connectivity index is 2.23. The quantitative estimate of drug-likeness (QED) is 0.733. The van der Waals surface area contributed by atoms with E-state index in [1.165, 1.54) is 0 Å². The van der Waals surface area contributed by atoms with Crippen LogP contribution in [-0.2, 0) is 10.0 Å². The molecule has 0 unspecified atom stereocenters. The van der Waals surface area contributed by atoms with Crippen molar-refractivity contribution in [2.45, 2.75) is 37.6 Å². The van der Waals surface area contributed by atoms with Gasteiger partial charge in [-0.1, -0.05) is 32.3 Å². The standard InChI is InChI=1S/C14H22N4O2S/c1-3-4-5-7-10-16-21(19,20)14-13(15-2)17-12-9-6-8-11-18(12)14/h6,8-9,11,15-16H,3-5,7,10H2,1-2H3. The number of hydrogen-bond donors (Lipinski definition) is 2. The summed E-state index contributed by atoms with van der Waals surface area (Å²) in [6, 6.07) is 5.39. The molecule has 0 amide bonds. The summed E-state index contributed by atoms with van der Waals surface area (Å²) in [6.07, 6.45) is 5.83. The molecule has 2 aromatic rings. The van der Waals surface area contributed by atoms with Crippen LogP contribution in [0.1, 0.15) is 32.6 Å². The first-order valence-corrected chi connectivity index (χ1v) is 8.73. The van der Waals surface area contributed by atoms with Crippen LogP contribution in [-0.4, -0.2) is 31.4 Å². The van der Waals surface area contributed by atoms with Gasteiger partial charge >= 0.3 is 0 Å². The van der Waals surface area contributed by atoms with E-state index in [4.69, 9.17) is 0 Å². The number of nitrogens with zero attached hydrogens (tertiary/aromatic N) is 2. The summed E-state index contributed by atoms with van der Waals surface area (Å²) in [5.74, 6) is 0.363.